The first-order valence-electron chi connectivity index (χ1n) is 4.72. The highest BCUT2D eigenvalue weighted by Crippen LogP contribution is 2.32. The third-order valence-corrected chi connectivity index (χ3v) is 2.73. The Morgan fingerprint density at radius 2 is 2.21 bits per heavy atom. The van der Waals surface area contributed by atoms with Crippen LogP contribution < -0.4 is 10.5 Å². The van der Waals surface area contributed by atoms with E-state index in [1.54, 1.807) is 6.07 Å². The summed E-state index contributed by atoms with van der Waals surface area (Å²) in [7, 11) is 0. The van der Waals surface area contributed by atoms with Crippen molar-refractivity contribution in [2.45, 2.75) is 31.9 Å². The van der Waals surface area contributed by atoms with Crippen LogP contribution in [0.1, 0.15) is 19.4 Å². The van der Waals surface area contributed by atoms with Crippen molar-refractivity contribution in [3.05, 3.63) is 29.6 Å². The van der Waals surface area contributed by atoms with Crippen molar-refractivity contribution in [2.24, 2.45) is 5.73 Å². The van der Waals surface area contributed by atoms with Crippen molar-refractivity contribution in [3.8, 4) is 5.75 Å². The number of hydrogen-bond donors (Lipinski definition) is 1. The molecule has 0 amide bonds. The van der Waals surface area contributed by atoms with E-state index in [1.807, 2.05) is 13.8 Å². The Kier molecular flexibility index (Phi) is 2.00. The summed E-state index contributed by atoms with van der Waals surface area (Å²) >= 11 is 0. The van der Waals surface area contributed by atoms with Gasteiger partial charge in [-0.3, -0.25) is 0 Å². The van der Waals surface area contributed by atoms with E-state index in [9.17, 15) is 4.39 Å². The third-order valence-electron chi connectivity index (χ3n) is 2.73. The minimum absolute atomic E-state index is 0.0863. The Bertz CT molecular complexity index is 362. The normalized spacial score (nSPS) is 23.9. The molecule has 0 radical (unpaired) electrons. The largest absolute Gasteiger partial charge is 0.486 e. The number of fused-ring (bicyclic) bond motifs is 1. The van der Waals surface area contributed by atoms with Crippen LogP contribution >= 0.6 is 0 Å². The van der Waals surface area contributed by atoms with Crippen molar-refractivity contribution in [3.63, 3.8) is 0 Å². The van der Waals surface area contributed by atoms with E-state index in [4.69, 9.17) is 10.5 Å². The zero-order chi connectivity index (χ0) is 10.3. The van der Waals surface area contributed by atoms with Gasteiger partial charge in [0.2, 0.25) is 0 Å². The van der Waals surface area contributed by atoms with Crippen LogP contribution in [0.5, 0.6) is 5.75 Å². The first kappa shape index (κ1) is 9.46. The molecule has 0 spiro atoms. The molecule has 0 fully saturated rings. The lowest BCUT2D eigenvalue weighted by atomic mass is 9.89. The fourth-order valence-corrected chi connectivity index (χ4v) is 1.65. The molecule has 0 bridgehead atoms. The molecule has 1 aromatic carbocycles. The Morgan fingerprint density at radius 3 is 2.93 bits per heavy atom. The average Bonchev–Trinajstić information content (AvgIpc) is 2.08. The van der Waals surface area contributed by atoms with Crippen LogP contribution in [0.4, 0.5) is 4.39 Å². The van der Waals surface area contributed by atoms with Gasteiger partial charge in [0.1, 0.15) is 17.2 Å². The van der Waals surface area contributed by atoms with E-state index in [1.165, 1.54) is 12.1 Å². The molecule has 0 saturated heterocycles. The molecular formula is C11H14FNO. The van der Waals surface area contributed by atoms with Crippen molar-refractivity contribution < 1.29 is 9.13 Å². The summed E-state index contributed by atoms with van der Waals surface area (Å²) in [4.78, 5) is 0. The first-order valence-corrected chi connectivity index (χ1v) is 4.72. The second kappa shape index (κ2) is 2.95. The number of ether oxygens (including phenoxy) is 1. The molecule has 1 atom stereocenters. The molecule has 14 heavy (non-hydrogen) atoms. The smallest absolute Gasteiger partial charge is 0.123 e. The molecule has 76 valence electrons. The Balaban J connectivity index is 2.41. The Hall–Kier alpha value is -1.09. The number of nitrogens with two attached hydrogens (primary N) is 1. The molecule has 2 N–H and O–H groups in total. The van der Waals surface area contributed by atoms with Crippen molar-refractivity contribution in [1.29, 1.82) is 0 Å². The van der Waals surface area contributed by atoms with Crippen LogP contribution in [0.25, 0.3) is 0 Å². The van der Waals surface area contributed by atoms with E-state index < -0.39 is 0 Å². The van der Waals surface area contributed by atoms with Gasteiger partial charge in [0.25, 0.3) is 0 Å². The Labute approximate surface area is 82.9 Å². The van der Waals surface area contributed by atoms with Gasteiger partial charge in [-0.2, -0.15) is 0 Å². The van der Waals surface area contributed by atoms with Gasteiger partial charge in [0.05, 0.1) is 0 Å². The van der Waals surface area contributed by atoms with Crippen molar-refractivity contribution in [2.75, 3.05) is 0 Å². The van der Waals surface area contributed by atoms with E-state index in [-0.39, 0.29) is 17.5 Å². The lowest BCUT2D eigenvalue weighted by Gasteiger charge is -2.37. The lowest BCUT2D eigenvalue weighted by Crippen LogP contribution is -2.51. The molecule has 0 aliphatic carbocycles. The fourth-order valence-electron chi connectivity index (χ4n) is 1.65. The van der Waals surface area contributed by atoms with Crippen molar-refractivity contribution in [1.82, 2.24) is 0 Å². The molecule has 2 rings (SSSR count). The third kappa shape index (κ3) is 1.48. The minimum Gasteiger partial charge on any atom is -0.486 e. The fraction of sp³-hybridized carbons (Fsp3) is 0.455. The Morgan fingerprint density at radius 1 is 1.50 bits per heavy atom. The topological polar surface area (TPSA) is 35.2 Å². The monoisotopic (exact) mass is 195 g/mol. The lowest BCUT2D eigenvalue weighted by molar-refractivity contribution is 0.0638. The SMILES string of the molecule is CC1(C)Oc2ccc(F)cc2CC1N. The molecule has 1 aromatic rings. The average molecular weight is 195 g/mol. The number of hydrogen-bond acceptors (Lipinski definition) is 2. The van der Waals surface area contributed by atoms with Crippen LogP contribution in [0.15, 0.2) is 18.2 Å². The van der Waals surface area contributed by atoms with Crippen molar-refractivity contribution >= 4 is 0 Å². The zero-order valence-corrected chi connectivity index (χ0v) is 8.38. The van der Waals surface area contributed by atoms with Crippen LogP contribution in [0.2, 0.25) is 0 Å². The van der Waals surface area contributed by atoms with Gasteiger partial charge in [0, 0.05) is 6.04 Å². The van der Waals surface area contributed by atoms with Gasteiger partial charge >= 0.3 is 0 Å². The molecule has 3 heteroatoms. The second-order valence-corrected chi connectivity index (χ2v) is 4.27. The van der Waals surface area contributed by atoms with E-state index in [0.717, 1.165) is 11.3 Å². The number of halogens is 1. The maximum Gasteiger partial charge on any atom is 0.123 e. The van der Waals surface area contributed by atoms with Gasteiger partial charge in [0.15, 0.2) is 0 Å². The quantitative estimate of drug-likeness (QED) is 0.685. The van der Waals surface area contributed by atoms with Gasteiger partial charge in [-0.1, -0.05) is 0 Å². The van der Waals surface area contributed by atoms with Crippen LogP contribution in [0, 0.1) is 5.82 Å². The molecule has 2 nitrogen and oxygen atoms in total. The second-order valence-electron chi connectivity index (χ2n) is 4.27. The summed E-state index contributed by atoms with van der Waals surface area (Å²) in [6, 6.07) is 4.48. The molecule has 1 unspecified atom stereocenters. The molecular weight excluding hydrogens is 181 g/mol. The highest BCUT2D eigenvalue weighted by molar-refractivity contribution is 5.37. The highest BCUT2D eigenvalue weighted by atomic mass is 19.1. The summed E-state index contributed by atoms with van der Waals surface area (Å²) in [5.74, 6) is 0.511. The summed E-state index contributed by atoms with van der Waals surface area (Å²) in [6.07, 6.45) is 0.667. The maximum atomic E-state index is 12.9. The van der Waals surface area contributed by atoms with Gasteiger partial charge < -0.3 is 10.5 Å². The molecule has 0 saturated carbocycles. The van der Waals surface area contributed by atoms with Gasteiger partial charge in [-0.05, 0) is 44.0 Å². The van der Waals surface area contributed by atoms with E-state index in [2.05, 4.69) is 0 Å². The van der Waals surface area contributed by atoms with Crippen LogP contribution in [-0.2, 0) is 6.42 Å². The first-order chi connectivity index (χ1) is 6.49. The van der Waals surface area contributed by atoms with Crippen LogP contribution in [-0.4, -0.2) is 11.6 Å². The summed E-state index contributed by atoms with van der Waals surface area (Å²) in [5.41, 5.74) is 6.42. The standard InChI is InChI=1S/C11H14FNO/c1-11(2)10(13)6-7-5-8(12)3-4-9(7)14-11/h3-5,10H,6,13H2,1-2H3. The highest BCUT2D eigenvalue weighted by Gasteiger charge is 2.34. The minimum atomic E-state index is -0.370. The maximum absolute atomic E-state index is 12.9. The van der Waals surface area contributed by atoms with Gasteiger partial charge in [-0.15, -0.1) is 0 Å². The predicted molar refractivity (Wildman–Crippen MR) is 52.8 cm³/mol. The van der Waals surface area contributed by atoms with E-state index in [0.29, 0.717) is 6.42 Å². The van der Waals surface area contributed by atoms with Crippen LogP contribution in [0.3, 0.4) is 0 Å². The number of benzene rings is 1. The molecule has 1 heterocycles. The number of rotatable bonds is 0. The molecule has 1 aliphatic heterocycles. The molecule has 0 aromatic heterocycles. The molecule has 1 aliphatic rings. The summed E-state index contributed by atoms with van der Waals surface area (Å²) < 4.78 is 18.6. The summed E-state index contributed by atoms with van der Waals surface area (Å²) in [5, 5.41) is 0. The van der Waals surface area contributed by atoms with E-state index >= 15 is 0 Å². The zero-order valence-electron chi connectivity index (χ0n) is 8.38. The predicted octanol–water partition coefficient (Wildman–Crippen LogP) is 1.87. The van der Waals surface area contributed by atoms with Gasteiger partial charge in [-0.25, -0.2) is 4.39 Å². The summed E-state index contributed by atoms with van der Waals surface area (Å²) in [6.45, 7) is 3.90.